The highest BCUT2D eigenvalue weighted by Gasteiger charge is 2.56. The van der Waals surface area contributed by atoms with E-state index < -0.39 is 0 Å². The summed E-state index contributed by atoms with van der Waals surface area (Å²) in [7, 11) is 4.01. The molecular weight excluding hydrogens is 222 g/mol. The van der Waals surface area contributed by atoms with Gasteiger partial charge in [0.2, 0.25) is 0 Å². The van der Waals surface area contributed by atoms with Crippen molar-refractivity contribution >= 4 is 11.6 Å². The van der Waals surface area contributed by atoms with E-state index in [0.717, 1.165) is 28.5 Å². The number of nitrogens with zero attached hydrogens (tertiary/aromatic N) is 2. The van der Waals surface area contributed by atoms with Crippen LogP contribution in [0.3, 0.4) is 0 Å². The molecule has 3 atom stereocenters. The molecule has 3 nitrogen and oxygen atoms in total. The molecule has 0 spiro atoms. The molecule has 3 unspecified atom stereocenters. The van der Waals surface area contributed by atoms with Crippen molar-refractivity contribution in [2.45, 2.75) is 25.3 Å². The zero-order chi connectivity index (χ0) is 11.3. The van der Waals surface area contributed by atoms with E-state index >= 15 is 0 Å². The second kappa shape index (κ2) is 3.74. The first-order valence-corrected chi connectivity index (χ1v) is 6.46. The van der Waals surface area contributed by atoms with Gasteiger partial charge >= 0.3 is 0 Å². The molecule has 16 heavy (non-hydrogen) atoms. The lowest BCUT2D eigenvalue weighted by Gasteiger charge is -2.19. The van der Waals surface area contributed by atoms with Gasteiger partial charge in [-0.15, -0.1) is 0 Å². The molecule has 1 N–H and O–H groups in total. The topological polar surface area (TPSA) is 29.9 Å². The first kappa shape index (κ1) is 10.6. The van der Waals surface area contributed by atoms with Crippen LogP contribution >= 0.6 is 11.6 Å². The Hall–Kier alpha value is -0.540. The van der Waals surface area contributed by atoms with Gasteiger partial charge in [-0.2, -0.15) is 5.10 Å². The SMILES string of the molecule is CNC(c1c(Cl)cnn1C)C1C2CCCC21. The molecule has 2 aliphatic carbocycles. The molecule has 88 valence electrons. The Morgan fingerprint density at radius 2 is 2.19 bits per heavy atom. The molecule has 4 heteroatoms. The summed E-state index contributed by atoms with van der Waals surface area (Å²) < 4.78 is 1.91. The predicted octanol–water partition coefficient (Wildman–Crippen LogP) is 2.38. The highest BCUT2D eigenvalue weighted by Crippen LogP contribution is 2.62. The highest BCUT2D eigenvalue weighted by molar-refractivity contribution is 6.31. The lowest BCUT2D eigenvalue weighted by Crippen LogP contribution is -2.23. The van der Waals surface area contributed by atoms with Crippen LogP contribution in [0, 0.1) is 17.8 Å². The Morgan fingerprint density at radius 3 is 2.69 bits per heavy atom. The molecule has 0 saturated heterocycles. The number of nitrogens with one attached hydrogen (secondary N) is 1. The number of aryl methyl sites for hydroxylation is 1. The number of hydrogen-bond donors (Lipinski definition) is 1. The molecule has 0 radical (unpaired) electrons. The van der Waals surface area contributed by atoms with E-state index in [2.05, 4.69) is 10.4 Å². The van der Waals surface area contributed by atoms with Crippen molar-refractivity contribution in [3.05, 3.63) is 16.9 Å². The molecule has 2 aliphatic rings. The van der Waals surface area contributed by atoms with Gasteiger partial charge in [-0.1, -0.05) is 18.0 Å². The van der Waals surface area contributed by atoms with Crippen LogP contribution in [0.2, 0.25) is 5.02 Å². The van der Waals surface area contributed by atoms with E-state index in [1.807, 2.05) is 18.8 Å². The Labute approximate surface area is 101 Å². The molecule has 3 rings (SSSR count). The van der Waals surface area contributed by atoms with Crippen molar-refractivity contribution in [1.82, 2.24) is 15.1 Å². The Balaban J connectivity index is 1.87. The fourth-order valence-electron chi connectivity index (χ4n) is 3.65. The summed E-state index contributed by atoms with van der Waals surface area (Å²) in [5, 5.41) is 8.46. The molecule has 1 heterocycles. The van der Waals surface area contributed by atoms with E-state index in [1.54, 1.807) is 6.20 Å². The average Bonchev–Trinajstić information content (AvgIpc) is 2.63. The quantitative estimate of drug-likeness (QED) is 0.878. The van der Waals surface area contributed by atoms with Crippen molar-refractivity contribution in [3.8, 4) is 0 Å². The molecular formula is C12H18ClN3. The predicted molar refractivity (Wildman–Crippen MR) is 64.3 cm³/mol. The van der Waals surface area contributed by atoms with E-state index in [9.17, 15) is 0 Å². The molecule has 2 saturated carbocycles. The zero-order valence-electron chi connectivity index (χ0n) is 9.78. The summed E-state index contributed by atoms with van der Waals surface area (Å²) >= 11 is 6.22. The molecule has 1 aromatic rings. The fourth-order valence-corrected chi connectivity index (χ4v) is 3.94. The van der Waals surface area contributed by atoms with Crippen LogP contribution in [0.15, 0.2) is 6.20 Å². The highest BCUT2D eigenvalue weighted by atomic mass is 35.5. The van der Waals surface area contributed by atoms with E-state index in [0.29, 0.717) is 6.04 Å². The number of aromatic nitrogens is 2. The third-order valence-corrected chi connectivity index (χ3v) is 4.69. The lowest BCUT2D eigenvalue weighted by molar-refractivity contribution is 0.422. The average molecular weight is 240 g/mol. The molecule has 0 amide bonds. The van der Waals surface area contributed by atoms with Crippen LogP contribution in [-0.2, 0) is 7.05 Å². The number of halogens is 1. The molecule has 0 aromatic carbocycles. The van der Waals surface area contributed by atoms with Gasteiger partial charge in [0, 0.05) is 7.05 Å². The van der Waals surface area contributed by atoms with Gasteiger partial charge in [0.1, 0.15) is 0 Å². The maximum Gasteiger partial charge on any atom is 0.0834 e. The fraction of sp³-hybridized carbons (Fsp3) is 0.750. The van der Waals surface area contributed by atoms with Crippen molar-refractivity contribution in [3.63, 3.8) is 0 Å². The number of hydrogen-bond acceptors (Lipinski definition) is 2. The summed E-state index contributed by atoms with van der Waals surface area (Å²) in [5.41, 5.74) is 1.16. The second-order valence-electron chi connectivity index (χ2n) is 5.10. The van der Waals surface area contributed by atoms with Crippen molar-refractivity contribution < 1.29 is 0 Å². The molecule has 0 aliphatic heterocycles. The second-order valence-corrected chi connectivity index (χ2v) is 5.51. The monoisotopic (exact) mass is 239 g/mol. The van der Waals surface area contributed by atoms with E-state index in [1.165, 1.54) is 19.3 Å². The van der Waals surface area contributed by atoms with Gasteiger partial charge in [0.15, 0.2) is 0 Å². The van der Waals surface area contributed by atoms with Crippen LogP contribution in [0.4, 0.5) is 0 Å². The summed E-state index contributed by atoms with van der Waals surface area (Å²) in [6.07, 6.45) is 5.98. The summed E-state index contributed by atoms with van der Waals surface area (Å²) in [4.78, 5) is 0. The minimum Gasteiger partial charge on any atom is -0.311 e. The molecule has 0 bridgehead atoms. The first-order valence-electron chi connectivity index (χ1n) is 6.08. The van der Waals surface area contributed by atoms with Gasteiger partial charge in [0.25, 0.3) is 0 Å². The summed E-state index contributed by atoms with van der Waals surface area (Å²) in [6, 6.07) is 0.385. The van der Waals surface area contributed by atoms with Crippen LogP contribution in [-0.4, -0.2) is 16.8 Å². The van der Waals surface area contributed by atoms with E-state index in [-0.39, 0.29) is 0 Å². The maximum atomic E-state index is 6.22. The number of rotatable bonds is 3. The molecule has 2 fully saturated rings. The minimum absolute atomic E-state index is 0.385. The van der Waals surface area contributed by atoms with Crippen LogP contribution in [0.25, 0.3) is 0 Å². The van der Waals surface area contributed by atoms with Crippen LogP contribution in [0.1, 0.15) is 31.0 Å². The first-order chi connectivity index (χ1) is 7.74. The summed E-state index contributed by atoms with van der Waals surface area (Å²) in [5.74, 6) is 2.65. The summed E-state index contributed by atoms with van der Waals surface area (Å²) in [6.45, 7) is 0. The van der Waals surface area contributed by atoms with Crippen LogP contribution in [0.5, 0.6) is 0 Å². The Kier molecular flexibility index (Phi) is 2.48. The van der Waals surface area contributed by atoms with Crippen molar-refractivity contribution in [2.75, 3.05) is 7.05 Å². The molecule has 1 aromatic heterocycles. The maximum absolute atomic E-state index is 6.22. The lowest BCUT2D eigenvalue weighted by atomic mass is 10.0. The van der Waals surface area contributed by atoms with E-state index in [4.69, 9.17) is 11.6 Å². The third kappa shape index (κ3) is 1.41. The Morgan fingerprint density at radius 1 is 1.50 bits per heavy atom. The van der Waals surface area contributed by atoms with Crippen molar-refractivity contribution in [2.24, 2.45) is 24.8 Å². The Bertz CT molecular complexity index is 371. The van der Waals surface area contributed by atoms with Gasteiger partial charge in [0.05, 0.1) is 23.0 Å². The third-order valence-electron chi connectivity index (χ3n) is 4.40. The van der Waals surface area contributed by atoms with Gasteiger partial charge in [-0.25, -0.2) is 0 Å². The van der Waals surface area contributed by atoms with Gasteiger partial charge in [-0.05, 0) is 37.6 Å². The zero-order valence-corrected chi connectivity index (χ0v) is 10.5. The standard InChI is InChI=1S/C12H18ClN3/c1-14-11(10-7-4-3-5-8(7)10)12-9(13)6-15-16(12)2/h6-8,10-11,14H,3-5H2,1-2H3. The normalized spacial score (nSPS) is 33.8. The van der Waals surface area contributed by atoms with Gasteiger partial charge < -0.3 is 5.32 Å². The van der Waals surface area contributed by atoms with Gasteiger partial charge in [-0.3, -0.25) is 4.68 Å². The largest absolute Gasteiger partial charge is 0.311 e. The minimum atomic E-state index is 0.385. The van der Waals surface area contributed by atoms with Crippen LogP contribution < -0.4 is 5.32 Å². The van der Waals surface area contributed by atoms with Crippen molar-refractivity contribution in [1.29, 1.82) is 0 Å². The smallest absolute Gasteiger partial charge is 0.0834 e. The number of fused-ring (bicyclic) bond motifs is 1.